The summed E-state index contributed by atoms with van der Waals surface area (Å²) in [7, 11) is 0. The summed E-state index contributed by atoms with van der Waals surface area (Å²) >= 11 is 0. The topological polar surface area (TPSA) is 150 Å². The fourth-order valence-corrected chi connectivity index (χ4v) is 3.84. The van der Waals surface area contributed by atoms with E-state index in [0.717, 1.165) is 25.7 Å². The van der Waals surface area contributed by atoms with E-state index < -0.39 is 5.60 Å². The Morgan fingerprint density at radius 1 is 0.619 bits per heavy atom. The molecular weight excluding hydrogens is 544 g/mol. The van der Waals surface area contributed by atoms with Crippen molar-refractivity contribution in [2.45, 2.75) is 103 Å². The highest BCUT2D eigenvalue weighted by Gasteiger charge is 2.15. The van der Waals surface area contributed by atoms with Gasteiger partial charge in [0.05, 0.1) is 66.1 Å². The summed E-state index contributed by atoms with van der Waals surface area (Å²) < 4.78 is 32.2. The van der Waals surface area contributed by atoms with Crippen LogP contribution in [0.25, 0.3) is 10.4 Å². The van der Waals surface area contributed by atoms with Crippen LogP contribution in [0, 0.1) is 0 Å². The lowest BCUT2D eigenvalue weighted by molar-refractivity contribution is -0.154. The van der Waals surface area contributed by atoms with E-state index in [4.69, 9.17) is 34.0 Å². The maximum Gasteiger partial charge on any atom is 0.306 e. The lowest BCUT2D eigenvalue weighted by Gasteiger charge is -2.19. The molecule has 0 aliphatic heterocycles. The Hall–Kier alpha value is -1.95. The molecule has 0 saturated carbocycles. The average Bonchev–Trinajstić information content (AvgIpc) is 2.94. The number of carbonyl (C=O) groups excluding carboxylic acids is 2. The maximum absolute atomic E-state index is 11.9. The Balaban J connectivity index is 3.22. The number of amides is 1. The summed E-state index contributed by atoms with van der Waals surface area (Å²) in [6, 6.07) is 0. The van der Waals surface area contributed by atoms with Crippen molar-refractivity contribution in [1.29, 1.82) is 0 Å². The molecule has 0 aromatic rings. The van der Waals surface area contributed by atoms with Gasteiger partial charge in [-0.05, 0) is 39.1 Å². The van der Waals surface area contributed by atoms with Gasteiger partial charge in [-0.1, -0.05) is 56.5 Å². The SMILES string of the molecule is CC(C)(C)OC(=O)CCCCCCCCCCCCC(=O)NCCOCCOCCOCCOCCOCCN=[N+]=[N-]. The standard InChI is InChI=1S/C30H58N4O8/c1-30(2,3)42-29(36)15-13-11-9-7-5-4-6-8-10-12-14-28(35)32-16-18-37-20-22-39-24-26-41-27-25-40-23-21-38-19-17-33-34-31/h4-27H2,1-3H3,(H,32,35). The number of rotatable bonds is 31. The number of azide groups is 1. The van der Waals surface area contributed by atoms with Crippen LogP contribution >= 0.6 is 0 Å². The largest absolute Gasteiger partial charge is 0.460 e. The Morgan fingerprint density at radius 2 is 1.02 bits per heavy atom. The van der Waals surface area contributed by atoms with E-state index in [1.165, 1.54) is 38.5 Å². The molecule has 0 atom stereocenters. The fraction of sp³-hybridized carbons (Fsp3) is 0.933. The Bertz CT molecular complexity index is 685. The number of nitrogens with zero attached hydrogens (tertiary/aromatic N) is 3. The van der Waals surface area contributed by atoms with Crippen molar-refractivity contribution in [3.63, 3.8) is 0 Å². The molecule has 42 heavy (non-hydrogen) atoms. The van der Waals surface area contributed by atoms with E-state index in [2.05, 4.69) is 15.3 Å². The second kappa shape index (κ2) is 30.5. The number of carbonyl (C=O) groups is 2. The minimum Gasteiger partial charge on any atom is -0.460 e. The zero-order chi connectivity index (χ0) is 31.0. The number of nitrogens with one attached hydrogen (secondary N) is 1. The van der Waals surface area contributed by atoms with Gasteiger partial charge >= 0.3 is 5.97 Å². The summed E-state index contributed by atoms with van der Waals surface area (Å²) in [5.41, 5.74) is 7.74. The summed E-state index contributed by atoms with van der Waals surface area (Å²) in [4.78, 5) is 26.3. The highest BCUT2D eigenvalue weighted by molar-refractivity contribution is 5.75. The van der Waals surface area contributed by atoms with E-state index in [-0.39, 0.29) is 11.9 Å². The third-order valence-electron chi connectivity index (χ3n) is 5.91. The van der Waals surface area contributed by atoms with E-state index >= 15 is 0 Å². The van der Waals surface area contributed by atoms with Crippen LogP contribution in [0.1, 0.15) is 97.8 Å². The molecule has 0 aromatic heterocycles. The number of hydrogen-bond acceptors (Lipinski definition) is 9. The second-order valence-corrected chi connectivity index (χ2v) is 11.0. The molecule has 0 unspecified atom stereocenters. The zero-order valence-corrected chi connectivity index (χ0v) is 26.6. The number of ether oxygens (including phenoxy) is 6. The molecule has 0 heterocycles. The lowest BCUT2D eigenvalue weighted by Crippen LogP contribution is -2.27. The predicted octanol–water partition coefficient (Wildman–Crippen LogP) is 5.52. The monoisotopic (exact) mass is 602 g/mol. The Morgan fingerprint density at radius 3 is 1.48 bits per heavy atom. The van der Waals surface area contributed by atoms with Crippen molar-refractivity contribution in [2.24, 2.45) is 5.11 Å². The van der Waals surface area contributed by atoms with Crippen LogP contribution < -0.4 is 5.32 Å². The highest BCUT2D eigenvalue weighted by Crippen LogP contribution is 2.14. The van der Waals surface area contributed by atoms with Crippen molar-refractivity contribution >= 4 is 11.9 Å². The van der Waals surface area contributed by atoms with Crippen LogP contribution in [-0.2, 0) is 38.0 Å². The van der Waals surface area contributed by atoms with Gasteiger partial charge in [0.2, 0.25) is 5.91 Å². The third kappa shape index (κ3) is 34.3. The van der Waals surface area contributed by atoms with Gasteiger partial charge in [-0.2, -0.15) is 0 Å². The van der Waals surface area contributed by atoms with Crippen molar-refractivity contribution in [1.82, 2.24) is 5.32 Å². The first kappa shape index (κ1) is 40.1. The third-order valence-corrected chi connectivity index (χ3v) is 5.91. The molecule has 0 fully saturated rings. The van der Waals surface area contributed by atoms with Gasteiger partial charge in [0.1, 0.15) is 5.60 Å². The molecule has 1 N–H and O–H groups in total. The van der Waals surface area contributed by atoms with Crippen LogP contribution in [0.4, 0.5) is 0 Å². The number of esters is 1. The van der Waals surface area contributed by atoms with Crippen molar-refractivity contribution in [2.75, 3.05) is 79.2 Å². The van der Waals surface area contributed by atoms with Gasteiger partial charge in [0, 0.05) is 30.8 Å². The van der Waals surface area contributed by atoms with Gasteiger partial charge in [-0.3, -0.25) is 9.59 Å². The molecule has 246 valence electrons. The molecule has 0 bridgehead atoms. The molecular formula is C30H58N4O8. The first-order valence-electron chi connectivity index (χ1n) is 15.7. The Labute approximate surface area is 253 Å². The predicted molar refractivity (Wildman–Crippen MR) is 162 cm³/mol. The molecule has 0 saturated heterocycles. The van der Waals surface area contributed by atoms with E-state index in [9.17, 15) is 9.59 Å². The Kier molecular flexibility index (Phi) is 29.1. The molecule has 12 heteroatoms. The lowest BCUT2D eigenvalue weighted by atomic mass is 10.0. The normalized spacial score (nSPS) is 11.3. The van der Waals surface area contributed by atoms with Crippen LogP contribution in [0.2, 0.25) is 0 Å². The molecule has 0 aromatic carbocycles. The van der Waals surface area contributed by atoms with E-state index in [0.29, 0.717) is 92.0 Å². The summed E-state index contributed by atoms with van der Waals surface area (Å²) in [6.07, 6.45) is 12.4. The van der Waals surface area contributed by atoms with Crippen LogP contribution in [0.15, 0.2) is 5.11 Å². The quantitative estimate of drug-likeness (QED) is 0.0358. The summed E-state index contributed by atoms with van der Waals surface area (Å²) in [5, 5.41) is 6.27. The molecule has 0 spiro atoms. The van der Waals surface area contributed by atoms with Crippen molar-refractivity contribution < 1.29 is 38.0 Å². The van der Waals surface area contributed by atoms with Crippen LogP contribution in [-0.4, -0.2) is 96.6 Å². The van der Waals surface area contributed by atoms with E-state index in [1.807, 2.05) is 20.8 Å². The zero-order valence-electron chi connectivity index (χ0n) is 26.6. The maximum atomic E-state index is 11.9. The number of unbranched alkanes of at least 4 members (excludes halogenated alkanes) is 9. The molecule has 1 amide bonds. The van der Waals surface area contributed by atoms with Crippen LogP contribution in [0.5, 0.6) is 0 Å². The average molecular weight is 603 g/mol. The first-order valence-corrected chi connectivity index (χ1v) is 15.7. The smallest absolute Gasteiger partial charge is 0.306 e. The van der Waals surface area contributed by atoms with Gasteiger partial charge in [0.15, 0.2) is 0 Å². The fourth-order valence-electron chi connectivity index (χ4n) is 3.84. The molecule has 0 aliphatic carbocycles. The first-order chi connectivity index (χ1) is 20.3. The molecule has 0 radical (unpaired) electrons. The number of hydrogen-bond donors (Lipinski definition) is 1. The second-order valence-electron chi connectivity index (χ2n) is 11.0. The summed E-state index contributed by atoms with van der Waals surface area (Å²) in [6.45, 7) is 11.2. The van der Waals surface area contributed by atoms with Crippen molar-refractivity contribution in [3.8, 4) is 0 Å². The summed E-state index contributed by atoms with van der Waals surface area (Å²) in [5.74, 6) is -0.00937. The minimum absolute atomic E-state index is 0.0835. The van der Waals surface area contributed by atoms with Gasteiger partial charge in [0.25, 0.3) is 0 Å². The van der Waals surface area contributed by atoms with Gasteiger partial charge < -0.3 is 33.7 Å². The highest BCUT2D eigenvalue weighted by atomic mass is 16.6. The van der Waals surface area contributed by atoms with Gasteiger partial charge in [-0.15, -0.1) is 0 Å². The molecule has 0 aliphatic rings. The van der Waals surface area contributed by atoms with Crippen LogP contribution in [0.3, 0.4) is 0 Å². The van der Waals surface area contributed by atoms with Gasteiger partial charge in [-0.25, -0.2) is 0 Å². The van der Waals surface area contributed by atoms with Crippen molar-refractivity contribution in [3.05, 3.63) is 10.4 Å². The molecule has 12 nitrogen and oxygen atoms in total. The van der Waals surface area contributed by atoms with E-state index in [1.54, 1.807) is 0 Å². The minimum atomic E-state index is -0.391. The molecule has 0 rings (SSSR count).